The van der Waals surface area contributed by atoms with Crippen molar-refractivity contribution in [3.05, 3.63) is 71.5 Å². The van der Waals surface area contributed by atoms with Crippen molar-refractivity contribution in [3.8, 4) is 5.75 Å². The van der Waals surface area contributed by atoms with Crippen LogP contribution in [0, 0.1) is 6.92 Å². The lowest BCUT2D eigenvalue weighted by molar-refractivity contribution is -0.116. The van der Waals surface area contributed by atoms with Gasteiger partial charge in [-0.1, -0.05) is 35.9 Å². The fraction of sp³-hybridized carbons (Fsp3) is 0.158. The monoisotopic (exact) mass is 357 g/mol. The van der Waals surface area contributed by atoms with Gasteiger partial charge in [-0.15, -0.1) is 5.73 Å². The highest BCUT2D eigenvalue weighted by Gasteiger charge is 2.14. The fourth-order valence-corrected chi connectivity index (χ4v) is 3.09. The van der Waals surface area contributed by atoms with Crippen LogP contribution in [0.2, 0.25) is 0 Å². The molecule has 0 unspecified atom stereocenters. The molecule has 0 heterocycles. The second-order valence-electron chi connectivity index (χ2n) is 5.31. The zero-order valence-corrected chi connectivity index (χ0v) is 14.8. The largest absolute Gasteiger partial charge is 0.496 e. The summed E-state index contributed by atoms with van der Waals surface area (Å²) in [6.45, 7) is 1.87. The Morgan fingerprint density at radius 3 is 2.52 bits per heavy atom. The Kier molecular flexibility index (Phi) is 6.17. The molecule has 1 amide bonds. The van der Waals surface area contributed by atoms with Crippen molar-refractivity contribution in [1.29, 1.82) is 0 Å². The summed E-state index contributed by atoms with van der Waals surface area (Å²) in [5.41, 5.74) is 4.45. The van der Waals surface area contributed by atoms with E-state index in [2.05, 4.69) is 11.0 Å². The van der Waals surface area contributed by atoms with Crippen LogP contribution in [-0.4, -0.2) is 27.3 Å². The molecule has 0 radical (unpaired) electrons. The first-order chi connectivity index (χ1) is 11.9. The van der Waals surface area contributed by atoms with Crippen LogP contribution in [0.15, 0.2) is 65.2 Å². The van der Waals surface area contributed by atoms with Gasteiger partial charge in [-0.3, -0.25) is 4.79 Å². The van der Waals surface area contributed by atoms with Gasteiger partial charge >= 0.3 is 0 Å². The van der Waals surface area contributed by atoms with E-state index in [0.717, 1.165) is 17.2 Å². The Hall–Kier alpha value is -2.82. The second-order valence-corrected chi connectivity index (χ2v) is 7.30. The summed E-state index contributed by atoms with van der Waals surface area (Å²) in [6.07, 6.45) is 2.74. The maximum Gasteiger partial charge on any atom is 0.252 e. The number of sulfone groups is 1. The number of benzene rings is 2. The second kappa shape index (κ2) is 8.33. The lowest BCUT2D eigenvalue weighted by atomic mass is 10.2. The van der Waals surface area contributed by atoms with Crippen LogP contribution in [-0.2, 0) is 14.6 Å². The molecule has 0 fully saturated rings. The van der Waals surface area contributed by atoms with Gasteiger partial charge in [0.05, 0.1) is 12.0 Å². The Bertz CT molecular complexity index is 909. The third-order valence-corrected chi connectivity index (χ3v) is 4.92. The Labute approximate surface area is 147 Å². The highest BCUT2D eigenvalue weighted by molar-refractivity contribution is 7.91. The zero-order chi connectivity index (χ0) is 18.3. The summed E-state index contributed by atoms with van der Waals surface area (Å²) in [5, 5.41) is 2.35. The highest BCUT2D eigenvalue weighted by atomic mass is 32.2. The maximum absolute atomic E-state index is 12.2. The number of nitrogens with one attached hydrogen (secondary N) is 1. The number of amides is 1. The van der Waals surface area contributed by atoms with E-state index in [0.29, 0.717) is 5.75 Å². The molecule has 0 atom stereocenters. The molecule has 0 spiro atoms. The van der Waals surface area contributed by atoms with Crippen molar-refractivity contribution < 1.29 is 17.9 Å². The molecule has 0 aliphatic carbocycles. The minimum atomic E-state index is -3.57. The number of carbonyl (C=O) groups excluding carboxylic acids is 1. The molecule has 0 aliphatic rings. The van der Waals surface area contributed by atoms with Gasteiger partial charge in [0.25, 0.3) is 5.91 Å². The van der Waals surface area contributed by atoms with E-state index in [4.69, 9.17) is 4.74 Å². The third-order valence-electron chi connectivity index (χ3n) is 3.41. The van der Waals surface area contributed by atoms with E-state index in [-0.39, 0.29) is 4.90 Å². The average Bonchev–Trinajstić information content (AvgIpc) is 2.61. The van der Waals surface area contributed by atoms with Crippen molar-refractivity contribution >= 4 is 21.8 Å². The van der Waals surface area contributed by atoms with Crippen molar-refractivity contribution in [2.24, 2.45) is 0 Å². The van der Waals surface area contributed by atoms with Crippen molar-refractivity contribution in [3.63, 3.8) is 0 Å². The molecule has 130 valence electrons. The number of para-hydroxylation sites is 1. The number of hydrogen-bond donors (Lipinski definition) is 1. The Morgan fingerprint density at radius 1 is 1.16 bits per heavy atom. The first-order valence-electron chi connectivity index (χ1n) is 7.55. The van der Waals surface area contributed by atoms with Gasteiger partial charge in [0.1, 0.15) is 11.6 Å². The molecular formula is C19H19NO4S. The quantitative estimate of drug-likeness (QED) is 0.637. The summed E-state index contributed by atoms with van der Waals surface area (Å²) >= 11 is 0. The van der Waals surface area contributed by atoms with Crippen LogP contribution >= 0.6 is 0 Å². The molecule has 2 aromatic rings. The van der Waals surface area contributed by atoms with Crippen LogP contribution in [0.4, 0.5) is 0 Å². The minimum absolute atomic E-state index is 0.173. The van der Waals surface area contributed by atoms with Crippen molar-refractivity contribution in [1.82, 2.24) is 5.32 Å². The van der Waals surface area contributed by atoms with Crippen LogP contribution in [0.5, 0.6) is 5.75 Å². The molecule has 0 saturated carbocycles. The number of rotatable bonds is 6. The molecule has 25 heavy (non-hydrogen) atoms. The number of carbonyl (C=O) groups is 1. The molecule has 0 saturated heterocycles. The first-order valence-corrected chi connectivity index (χ1v) is 9.20. The lowest BCUT2D eigenvalue weighted by Gasteiger charge is -2.05. The molecule has 6 heteroatoms. The van der Waals surface area contributed by atoms with E-state index >= 15 is 0 Å². The summed E-state index contributed by atoms with van der Waals surface area (Å²) in [4.78, 5) is 11.9. The van der Waals surface area contributed by atoms with Gasteiger partial charge in [0.2, 0.25) is 0 Å². The van der Waals surface area contributed by atoms with Gasteiger partial charge in [-0.05, 0) is 31.2 Å². The number of methoxy groups -OCH3 is 1. The summed E-state index contributed by atoms with van der Waals surface area (Å²) < 4.78 is 29.5. The molecule has 2 aromatic carbocycles. The van der Waals surface area contributed by atoms with Gasteiger partial charge in [-0.25, -0.2) is 8.42 Å². The SMILES string of the molecule is COc1ccccc1C=C=CC(=O)NCS(=O)(=O)c1ccc(C)cc1. The Balaban J connectivity index is 2.00. The normalized spacial score (nSPS) is 10.5. The van der Waals surface area contributed by atoms with Gasteiger partial charge in [0, 0.05) is 11.6 Å². The molecule has 0 bridgehead atoms. The fourth-order valence-electron chi connectivity index (χ4n) is 2.04. The van der Waals surface area contributed by atoms with E-state index in [1.165, 1.54) is 12.1 Å². The smallest absolute Gasteiger partial charge is 0.252 e. The summed E-state index contributed by atoms with van der Waals surface area (Å²) in [7, 11) is -2.02. The minimum Gasteiger partial charge on any atom is -0.496 e. The standard InChI is InChI=1S/C19H19NO4S/c1-15-10-12-17(13-11-15)25(22,23)14-20-19(21)9-5-7-16-6-3-4-8-18(16)24-2/h3-4,6-13H,14H2,1-2H3,(H,20,21). The molecular weight excluding hydrogens is 338 g/mol. The van der Waals surface area contributed by atoms with E-state index < -0.39 is 21.6 Å². The molecule has 5 nitrogen and oxygen atoms in total. The molecule has 2 rings (SSSR count). The average molecular weight is 357 g/mol. The predicted molar refractivity (Wildman–Crippen MR) is 96.9 cm³/mol. The molecule has 0 aromatic heterocycles. The topological polar surface area (TPSA) is 72.5 Å². The predicted octanol–water partition coefficient (Wildman–Crippen LogP) is 2.72. The first kappa shape index (κ1) is 18.5. The van der Waals surface area contributed by atoms with E-state index in [1.807, 2.05) is 25.1 Å². The van der Waals surface area contributed by atoms with Crippen LogP contribution in [0.3, 0.4) is 0 Å². The van der Waals surface area contributed by atoms with E-state index in [1.54, 1.807) is 31.4 Å². The number of ether oxygens (including phenoxy) is 1. The van der Waals surface area contributed by atoms with Crippen LogP contribution < -0.4 is 10.1 Å². The molecule has 0 aliphatic heterocycles. The van der Waals surface area contributed by atoms with Crippen LogP contribution in [0.25, 0.3) is 6.08 Å². The van der Waals surface area contributed by atoms with Crippen molar-refractivity contribution in [2.75, 3.05) is 13.0 Å². The summed E-state index contributed by atoms with van der Waals surface area (Å²) in [6, 6.07) is 13.8. The van der Waals surface area contributed by atoms with Gasteiger partial charge in [-0.2, -0.15) is 0 Å². The lowest BCUT2D eigenvalue weighted by Crippen LogP contribution is -2.28. The van der Waals surface area contributed by atoms with Crippen molar-refractivity contribution in [2.45, 2.75) is 11.8 Å². The number of hydrogen-bond acceptors (Lipinski definition) is 4. The van der Waals surface area contributed by atoms with Crippen LogP contribution in [0.1, 0.15) is 11.1 Å². The zero-order valence-electron chi connectivity index (χ0n) is 14.0. The maximum atomic E-state index is 12.2. The highest BCUT2D eigenvalue weighted by Crippen LogP contribution is 2.18. The Morgan fingerprint density at radius 2 is 1.84 bits per heavy atom. The van der Waals surface area contributed by atoms with Gasteiger partial charge < -0.3 is 10.1 Å². The third kappa shape index (κ3) is 5.35. The van der Waals surface area contributed by atoms with Gasteiger partial charge in [0.15, 0.2) is 9.84 Å². The number of aryl methyl sites for hydroxylation is 1. The summed E-state index contributed by atoms with van der Waals surface area (Å²) in [5.74, 6) is -0.352. The van der Waals surface area contributed by atoms with E-state index in [9.17, 15) is 13.2 Å². The molecule has 1 N–H and O–H groups in total.